The standard InChI is InChI=1S/C16H23NO8S2/c1-26(20,21)12-2-9-25-13-3-5-14(6-4-13)27(22,23)16(15(18)17-19)7-10-24-11-8-16/h3-6,19H,2,7-12H2,1H3,(H,17,18). The van der Waals surface area contributed by atoms with E-state index in [9.17, 15) is 21.6 Å². The molecular formula is C16H23NO8S2. The van der Waals surface area contributed by atoms with E-state index in [1.807, 2.05) is 0 Å². The summed E-state index contributed by atoms with van der Waals surface area (Å²) in [5.74, 6) is -0.595. The predicted octanol–water partition coefficient (Wildman–Crippen LogP) is 0.328. The lowest BCUT2D eigenvalue weighted by Crippen LogP contribution is -2.54. The van der Waals surface area contributed by atoms with Gasteiger partial charge in [0.2, 0.25) is 0 Å². The zero-order valence-corrected chi connectivity index (χ0v) is 16.5. The van der Waals surface area contributed by atoms with Crippen LogP contribution in [0.15, 0.2) is 29.2 Å². The van der Waals surface area contributed by atoms with E-state index in [4.69, 9.17) is 14.7 Å². The van der Waals surface area contributed by atoms with Crippen LogP contribution in [-0.2, 0) is 29.2 Å². The minimum absolute atomic E-state index is 0.000323. The van der Waals surface area contributed by atoms with Crippen LogP contribution in [0.25, 0.3) is 0 Å². The lowest BCUT2D eigenvalue weighted by Gasteiger charge is -2.34. The van der Waals surface area contributed by atoms with Crippen molar-refractivity contribution >= 4 is 25.6 Å². The molecule has 2 rings (SSSR count). The number of hydrogen-bond acceptors (Lipinski definition) is 8. The summed E-state index contributed by atoms with van der Waals surface area (Å²) in [6.45, 7) is 0.357. The Hall–Kier alpha value is -1.69. The maximum Gasteiger partial charge on any atom is 0.265 e. The fourth-order valence-corrected chi connectivity index (χ4v) is 5.45. The number of benzene rings is 1. The number of hydroxylamine groups is 1. The Labute approximate surface area is 158 Å². The van der Waals surface area contributed by atoms with Crippen LogP contribution in [0.5, 0.6) is 5.75 Å². The number of nitrogens with one attached hydrogen (secondary N) is 1. The van der Waals surface area contributed by atoms with Crippen LogP contribution >= 0.6 is 0 Å². The Morgan fingerprint density at radius 1 is 1.19 bits per heavy atom. The molecule has 0 atom stereocenters. The first-order valence-electron chi connectivity index (χ1n) is 8.30. The monoisotopic (exact) mass is 421 g/mol. The van der Waals surface area contributed by atoms with Gasteiger partial charge in [0, 0.05) is 19.5 Å². The highest BCUT2D eigenvalue weighted by molar-refractivity contribution is 7.93. The molecule has 11 heteroatoms. The quantitative estimate of drug-likeness (QED) is 0.348. The van der Waals surface area contributed by atoms with E-state index in [1.165, 1.54) is 29.7 Å². The molecule has 152 valence electrons. The summed E-state index contributed by atoms with van der Waals surface area (Å²) in [6, 6.07) is 5.53. The summed E-state index contributed by atoms with van der Waals surface area (Å²) in [5, 5.41) is 9.02. The summed E-state index contributed by atoms with van der Waals surface area (Å²) < 4.78 is 57.0. The first-order chi connectivity index (χ1) is 12.6. The van der Waals surface area contributed by atoms with E-state index in [0.29, 0.717) is 12.2 Å². The van der Waals surface area contributed by atoms with Gasteiger partial charge in [-0.15, -0.1) is 0 Å². The zero-order valence-electron chi connectivity index (χ0n) is 14.9. The third-order valence-corrected chi connectivity index (χ3v) is 7.94. The number of ether oxygens (including phenoxy) is 2. The summed E-state index contributed by atoms with van der Waals surface area (Å²) in [5.41, 5.74) is 1.46. The van der Waals surface area contributed by atoms with Crippen LogP contribution in [0, 0.1) is 0 Å². The number of sulfone groups is 2. The Morgan fingerprint density at radius 2 is 1.78 bits per heavy atom. The molecule has 1 aliphatic heterocycles. The topological polar surface area (TPSA) is 136 Å². The van der Waals surface area contributed by atoms with Crippen molar-refractivity contribution in [2.75, 3.05) is 31.8 Å². The van der Waals surface area contributed by atoms with Crippen LogP contribution in [0.3, 0.4) is 0 Å². The van der Waals surface area contributed by atoms with E-state index < -0.39 is 30.3 Å². The van der Waals surface area contributed by atoms with E-state index >= 15 is 0 Å². The highest BCUT2D eigenvalue weighted by Gasteiger charge is 2.52. The van der Waals surface area contributed by atoms with Crippen LogP contribution < -0.4 is 10.2 Å². The smallest absolute Gasteiger partial charge is 0.265 e. The van der Waals surface area contributed by atoms with Crippen molar-refractivity contribution in [3.8, 4) is 5.75 Å². The van der Waals surface area contributed by atoms with E-state index in [0.717, 1.165) is 6.26 Å². The predicted molar refractivity (Wildman–Crippen MR) is 96.2 cm³/mol. The molecule has 1 aliphatic rings. The van der Waals surface area contributed by atoms with Gasteiger partial charge in [-0.1, -0.05) is 0 Å². The van der Waals surface area contributed by atoms with Gasteiger partial charge < -0.3 is 9.47 Å². The SMILES string of the molecule is CS(=O)(=O)CCCOc1ccc(S(=O)(=O)C2(C(=O)NO)CCOCC2)cc1. The molecule has 0 aromatic heterocycles. The number of hydrogen-bond donors (Lipinski definition) is 2. The van der Waals surface area contributed by atoms with Gasteiger partial charge in [-0.05, 0) is 43.5 Å². The first kappa shape index (κ1) is 21.6. The number of amides is 1. The minimum atomic E-state index is -4.08. The Kier molecular flexibility index (Phi) is 6.84. The van der Waals surface area contributed by atoms with Crippen molar-refractivity contribution in [1.29, 1.82) is 0 Å². The molecule has 27 heavy (non-hydrogen) atoms. The van der Waals surface area contributed by atoms with E-state index in [2.05, 4.69) is 0 Å². The zero-order chi connectivity index (χ0) is 20.1. The average molecular weight is 421 g/mol. The molecule has 1 amide bonds. The first-order valence-corrected chi connectivity index (χ1v) is 11.8. The minimum Gasteiger partial charge on any atom is -0.494 e. The molecule has 0 radical (unpaired) electrons. The molecule has 0 spiro atoms. The molecule has 1 heterocycles. The van der Waals surface area contributed by atoms with Gasteiger partial charge in [-0.25, -0.2) is 22.3 Å². The Morgan fingerprint density at radius 3 is 2.30 bits per heavy atom. The van der Waals surface area contributed by atoms with Crippen molar-refractivity contribution < 1.29 is 36.3 Å². The maximum atomic E-state index is 13.1. The van der Waals surface area contributed by atoms with Crippen molar-refractivity contribution in [3.05, 3.63) is 24.3 Å². The summed E-state index contributed by atoms with van der Waals surface area (Å²) in [6.07, 6.45) is 1.33. The molecule has 0 unspecified atom stereocenters. The number of carbonyl (C=O) groups is 1. The second-order valence-electron chi connectivity index (χ2n) is 6.35. The highest BCUT2D eigenvalue weighted by atomic mass is 32.2. The van der Waals surface area contributed by atoms with Gasteiger partial charge in [0.05, 0.1) is 17.3 Å². The van der Waals surface area contributed by atoms with Gasteiger partial charge >= 0.3 is 0 Å². The Bertz CT molecular complexity index is 856. The summed E-state index contributed by atoms with van der Waals surface area (Å²) in [4.78, 5) is 12.1. The largest absolute Gasteiger partial charge is 0.494 e. The van der Waals surface area contributed by atoms with Gasteiger partial charge in [0.1, 0.15) is 15.6 Å². The molecule has 1 fully saturated rings. The molecule has 1 aromatic rings. The van der Waals surface area contributed by atoms with Crippen molar-refractivity contribution in [3.63, 3.8) is 0 Å². The highest BCUT2D eigenvalue weighted by Crippen LogP contribution is 2.35. The molecule has 2 N–H and O–H groups in total. The molecule has 0 aliphatic carbocycles. The molecule has 0 bridgehead atoms. The average Bonchev–Trinajstić information content (AvgIpc) is 2.64. The van der Waals surface area contributed by atoms with E-state index in [-0.39, 0.29) is 43.3 Å². The van der Waals surface area contributed by atoms with Crippen LogP contribution in [-0.4, -0.2) is 64.5 Å². The maximum absolute atomic E-state index is 13.1. The van der Waals surface area contributed by atoms with Gasteiger partial charge in [-0.3, -0.25) is 10.0 Å². The van der Waals surface area contributed by atoms with Crippen molar-refractivity contribution in [1.82, 2.24) is 5.48 Å². The van der Waals surface area contributed by atoms with Gasteiger partial charge in [0.15, 0.2) is 14.6 Å². The second-order valence-corrected chi connectivity index (χ2v) is 10.9. The Balaban J connectivity index is 2.15. The fraction of sp³-hybridized carbons (Fsp3) is 0.562. The normalized spacial score (nSPS) is 17.3. The van der Waals surface area contributed by atoms with E-state index in [1.54, 1.807) is 0 Å². The summed E-state index contributed by atoms with van der Waals surface area (Å²) in [7, 11) is -7.15. The third kappa shape index (κ3) is 4.98. The lowest BCUT2D eigenvalue weighted by molar-refractivity contribution is -0.134. The lowest BCUT2D eigenvalue weighted by atomic mass is 9.98. The summed E-state index contributed by atoms with van der Waals surface area (Å²) >= 11 is 0. The van der Waals surface area contributed by atoms with Crippen LogP contribution in [0.4, 0.5) is 0 Å². The molecular weight excluding hydrogens is 398 g/mol. The third-order valence-electron chi connectivity index (χ3n) is 4.39. The fourth-order valence-electron chi connectivity index (χ4n) is 2.87. The van der Waals surface area contributed by atoms with Crippen LogP contribution in [0.1, 0.15) is 19.3 Å². The van der Waals surface area contributed by atoms with Gasteiger partial charge in [0.25, 0.3) is 5.91 Å². The number of rotatable bonds is 8. The van der Waals surface area contributed by atoms with Crippen LogP contribution in [0.2, 0.25) is 0 Å². The second kappa shape index (κ2) is 8.55. The van der Waals surface area contributed by atoms with Crippen molar-refractivity contribution in [2.24, 2.45) is 0 Å². The molecule has 9 nitrogen and oxygen atoms in total. The van der Waals surface area contributed by atoms with Crippen molar-refractivity contribution in [2.45, 2.75) is 28.9 Å². The number of carbonyl (C=O) groups excluding carboxylic acids is 1. The van der Waals surface area contributed by atoms with Gasteiger partial charge in [-0.2, -0.15) is 0 Å². The molecule has 0 saturated carbocycles. The molecule has 1 saturated heterocycles. The molecule has 1 aromatic carbocycles.